The van der Waals surface area contributed by atoms with E-state index in [1.165, 1.54) is 6.26 Å². The van der Waals surface area contributed by atoms with Crippen LogP contribution in [0.25, 0.3) is 0 Å². The number of nitrogens with one attached hydrogen (secondary N) is 2. The lowest BCUT2D eigenvalue weighted by atomic mass is 10.1. The van der Waals surface area contributed by atoms with Crippen LogP contribution in [0, 0.1) is 0 Å². The van der Waals surface area contributed by atoms with Gasteiger partial charge in [-0.05, 0) is 20.8 Å². The van der Waals surface area contributed by atoms with E-state index in [1.807, 2.05) is 32.9 Å². The molecule has 2 N–H and O–H groups in total. The molecule has 0 rings (SSSR count). The number of sulfonamides is 1. The average Bonchev–Trinajstić information content (AvgIpc) is 1.93. The van der Waals surface area contributed by atoms with Gasteiger partial charge in [-0.2, -0.15) is 0 Å². The lowest BCUT2D eigenvalue weighted by molar-refractivity contribution is 0.430. The van der Waals surface area contributed by atoms with Crippen molar-refractivity contribution in [3.8, 4) is 0 Å². The van der Waals surface area contributed by atoms with Gasteiger partial charge in [-0.25, -0.2) is 13.1 Å². The van der Waals surface area contributed by atoms with Crippen molar-refractivity contribution < 1.29 is 8.42 Å². The van der Waals surface area contributed by atoms with Crippen molar-refractivity contribution in [3.63, 3.8) is 0 Å². The minimum atomic E-state index is -3.13. The highest BCUT2D eigenvalue weighted by molar-refractivity contribution is 7.88. The number of hydrogen-bond acceptors (Lipinski definition) is 3. The molecule has 0 fully saturated rings. The minimum absolute atomic E-state index is 0.449. The number of rotatable bonds is 6. The molecule has 0 aliphatic heterocycles. The van der Waals surface area contributed by atoms with Crippen LogP contribution < -0.4 is 10.0 Å². The summed E-state index contributed by atoms with van der Waals surface area (Å²) in [7, 11) is -3.13. The highest BCUT2D eigenvalue weighted by atomic mass is 32.2. The Morgan fingerprint density at radius 3 is 2.36 bits per heavy atom. The zero-order valence-corrected chi connectivity index (χ0v) is 10.1. The van der Waals surface area contributed by atoms with Gasteiger partial charge >= 0.3 is 0 Å². The second kappa shape index (κ2) is 5.48. The Kier molecular flexibility index (Phi) is 5.33. The van der Waals surface area contributed by atoms with Crippen LogP contribution in [0.15, 0.2) is 12.2 Å². The van der Waals surface area contributed by atoms with E-state index in [1.54, 1.807) is 0 Å². The Balaban J connectivity index is 3.96. The van der Waals surface area contributed by atoms with E-state index in [4.69, 9.17) is 0 Å². The maximum atomic E-state index is 11.0. The van der Waals surface area contributed by atoms with E-state index in [9.17, 15) is 8.42 Å². The summed E-state index contributed by atoms with van der Waals surface area (Å²) in [6.45, 7) is 6.99. The van der Waals surface area contributed by atoms with Crippen molar-refractivity contribution in [1.29, 1.82) is 0 Å². The molecule has 0 aromatic heterocycles. The van der Waals surface area contributed by atoms with Gasteiger partial charge in [0.1, 0.15) is 0 Å². The summed E-state index contributed by atoms with van der Waals surface area (Å²) in [6, 6.07) is 0. The van der Waals surface area contributed by atoms with Gasteiger partial charge in [0.25, 0.3) is 0 Å². The first-order valence-corrected chi connectivity index (χ1v) is 6.47. The third-order valence-corrected chi connectivity index (χ3v) is 2.45. The Hall–Kier alpha value is -0.390. The van der Waals surface area contributed by atoms with Gasteiger partial charge in [-0.1, -0.05) is 12.2 Å². The Morgan fingerprint density at radius 1 is 1.36 bits per heavy atom. The highest BCUT2D eigenvalue weighted by Gasteiger charge is 2.20. The Morgan fingerprint density at radius 2 is 1.93 bits per heavy atom. The molecule has 0 spiro atoms. The molecule has 0 amide bonds. The van der Waals surface area contributed by atoms with Gasteiger partial charge in [0.2, 0.25) is 10.0 Å². The van der Waals surface area contributed by atoms with Gasteiger partial charge in [0.15, 0.2) is 0 Å². The lowest BCUT2D eigenvalue weighted by Crippen LogP contribution is -2.49. The van der Waals surface area contributed by atoms with Crippen molar-refractivity contribution in [1.82, 2.24) is 10.0 Å². The summed E-state index contributed by atoms with van der Waals surface area (Å²) in [5.74, 6) is 0. The Labute approximate surface area is 86.8 Å². The van der Waals surface area contributed by atoms with E-state index in [0.29, 0.717) is 6.54 Å². The van der Waals surface area contributed by atoms with Gasteiger partial charge in [-0.15, -0.1) is 0 Å². The molecule has 0 aromatic carbocycles. The standard InChI is InChI=1S/C9H20N2O2S/c1-5-6-7-10-8-9(2,3)11-14(4,12)13/h5-6,10-11H,7-8H2,1-4H3/b6-5+. The smallest absolute Gasteiger partial charge is 0.209 e. The Bertz CT molecular complexity index is 281. The van der Waals surface area contributed by atoms with Crippen LogP contribution in [0.3, 0.4) is 0 Å². The first-order chi connectivity index (χ1) is 6.27. The van der Waals surface area contributed by atoms with Crippen molar-refractivity contribution in [2.75, 3.05) is 19.3 Å². The molecule has 0 heterocycles. The molecule has 84 valence electrons. The van der Waals surface area contributed by atoms with E-state index >= 15 is 0 Å². The van der Waals surface area contributed by atoms with E-state index in [-0.39, 0.29) is 0 Å². The maximum absolute atomic E-state index is 11.0. The first kappa shape index (κ1) is 13.6. The van der Waals surface area contributed by atoms with E-state index < -0.39 is 15.6 Å². The van der Waals surface area contributed by atoms with Crippen LogP contribution in [-0.4, -0.2) is 33.3 Å². The van der Waals surface area contributed by atoms with Crippen LogP contribution >= 0.6 is 0 Å². The second-order valence-electron chi connectivity index (χ2n) is 3.96. The first-order valence-electron chi connectivity index (χ1n) is 4.58. The largest absolute Gasteiger partial charge is 0.311 e. The monoisotopic (exact) mass is 220 g/mol. The predicted molar refractivity (Wildman–Crippen MR) is 59.7 cm³/mol. The van der Waals surface area contributed by atoms with Crippen LogP contribution in [0.2, 0.25) is 0 Å². The molecular weight excluding hydrogens is 200 g/mol. The van der Waals surface area contributed by atoms with E-state index in [0.717, 1.165) is 6.54 Å². The molecule has 4 nitrogen and oxygen atoms in total. The normalized spacial score (nSPS) is 13.7. The molecular formula is C9H20N2O2S. The zero-order valence-electron chi connectivity index (χ0n) is 9.29. The minimum Gasteiger partial charge on any atom is -0.311 e. The summed E-state index contributed by atoms with van der Waals surface area (Å²) < 4.78 is 24.5. The molecule has 0 aliphatic rings. The van der Waals surface area contributed by atoms with Crippen LogP contribution in [-0.2, 0) is 10.0 Å². The van der Waals surface area contributed by atoms with Gasteiger partial charge in [-0.3, -0.25) is 0 Å². The molecule has 0 bridgehead atoms. The second-order valence-corrected chi connectivity index (χ2v) is 5.71. The van der Waals surface area contributed by atoms with Crippen LogP contribution in [0.4, 0.5) is 0 Å². The third kappa shape index (κ3) is 8.22. The summed E-state index contributed by atoms with van der Waals surface area (Å²) in [4.78, 5) is 0. The number of hydrogen-bond donors (Lipinski definition) is 2. The summed E-state index contributed by atoms with van der Waals surface area (Å²) in [5, 5.41) is 3.14. The third-order valence-electron chi connectivity index (χ3n) is 1.53. The van der Waals surface area contributed by atoms with Gasteiger partial charge < -0.3 is 5.32 Å². The van der Waals surface area contributed by atoms with Crippen molar-refractivity contribution >= 4 is 10.0 Å². The quantitative estimate of drug-likeness (QED) is 0.505. The fourth-order valence-corrected chi connectivity index (χ4v) is 2.20. The molecule has 0 aliphatic carbocycles. The van der Waals surface area contributed by atoms with Crippen LogP contribution in [0.5, 0.6) is 0 Å². The zero-order chi connectivity index (χ0) is 11.2. The lowest BCUT2D eigenvalue weighted by Gasteiger charge is -2.25. The molecule has 5 heteroatoms. The molecule has 0 unspecified atom stereocenters. The predicted octanol–water partition coefficient (Wildman–Crippen LogP) is 0.480. The maximum Gasteiger partial charge on any atom is 0.209 e. The molecule has 0 aromatic rings. The summed E-state index contributed by atoms with van der Waals surface area (Å²) >= 11 is 0. The number of allylic oxidation sites excluding steroid dienone is 1. The fraction of sp³-hybridized carbons (Fsp3) is 0.778. The van der Waals surface area contributed by atoms with Gasteiger partial charge in [0, 0.05) is 18.6 Å². The van der Waals surface area contributed by atoms with Gasteiger partial charge in [0.05, 0.1) is 6.26 Å². The van der Waals surface area contributed by atoms with E-state index in [2.05, 4.69) is 10.0 Å². The van der Waals surface area contributed by atoms with Crippen molar-refractivity contribution in [3.05, 3.63) is 12.2 Å². The summed E-state index contributed by atoms with van der Waals surface area (Å²) in [6.07, 6.45) is 5.10. The van der Waals surface area contributed by atoms with Crippen LogP contribution in [0.1, 0.15) is 20.8 Å². The molecule has 0 saturated heterocycles. The molecule has 14 heavy (non-hydrogen) atoms. The molecule has 0 atom stereocenters. The average molecular weight is 220 g/mol. The van der Waals surface area contributed by atoms with Crippen molar-refractivity contribution in [2.24, 2.45) is 0 Å². The fourth-order valence-electron chi connectivity index (χ4n) is 1.12. The topological polar surface area (TPSA) is 58.2 Å². The summed E-state index contributed by atoms with van der Waals surface area (Å²) in [5.41, 5.74) is -0.449. The molecule has 0 saturated carbocycles. The molecule has 0 radical (unpaired) electrons. The van der Waals surface area contributed by atoms with Crippen molar-refractivity contribution in [2.45, 2.75) is 26.3 Å². The highest BCUT2D eigenvalue weighted by Crippen LogP contribution is 2.01. The SMILES string of the molecule is C/C=C/CNCC(C)(C)NS(C)(=O)=O.